The molecule has 0 saturated heterocycles. The molecule has 1 aromatic heterocycles. The summed E-state index contributed by atoms with van der Waals surface area (Å²) in [6.07, 6.45) is 0. The van der Waals surface area contributed by atoms with Gasteiger partial charge in [0.25, 0.3) is 0 Å². The minimum Gasteiger partial charge on any atom is -0.358 e. The van der Waals surface area contributed by atoms with Crippen molar-refractivity contribution < 1.29 is 0 Å². The van der Waals surface area contributed by atoms with Crippen LogP contribution >= 0.6 is 0 Å². The van der Waals surface area contributed by atoms with Gasteiger partial charge in [0.05, 0.1) is 0 Å². The van der Waals surface area contributed by atoms with E-state index in [0.29, 0.717) is 6.04 Å². The number of fused-ring (bicyclic) bond motifs is 1. The number of benzene rings is 1. The van der Waals surface area contributed by atoms with Crippen LogP contribution in [-0.2, 0) is 6.54 Å². The molecule has 1 heterocycles. The second-order valence-corrected chi connectivity index (χ2v) is 4.79. The maximum absolute atomic E-state index is 3.44. The van der Waals surface area contributed by atoms with Gasteiger partial charge in [-0.2, -0.15) is 0 Å². The van der Waals surface area contributed by atoms with E-state index in [1.54, 1.807) is 0 Å². The lowest BCUT2D eigenvalue weighted by atomic mass is 10.1. The Hall–Kier alpha value is -1.28. The maximum atomic E-state index is 3.44. The fourth-order valence-corrected chi connectivity index (χ4v) is 1.94. The van der Waals surface area contributed by atoms with E-state index < -0.39 is 0 Å². The third kappa shape index (κ3) is 2.12. The van der Waals surface area contributed by atoms with Crippen molar-refractivity contribution >= 4 is 10.9 Å². The van der Waals surface area contributed by atoms with Crippen LogP contribution < -0.4 is 5.32 Å². The minimum atomic E-state index is 0.532. The molecule has 0 aliphatic heterocycles. The highest BCUT2D eigenvalue weighted by molar-refractivity contribution is 5.84. The molecule has 2 aromatic rings. The topological polar surface area (TPSA) is 27.8 Å². The molecule has 0 amide bonds. The molecule has 0 bridgehead atoms. The van der Waals surface area contributed by atoms with Crippen LogP contribution in [0.15, 0.2) is 18.2 Å². The predicted octanol–water partition coefficient (Wildman–Crippen LogP) is 3.28. The number of aryl methyl sites for hydroxylation is 2. The average molecular weight is 216 g/mol. The minimum absolute atomic E-state index is 0.532. The average Bonchev–Trinajstić information content (AvgIpc) is 2.52. The second kappa shape index (κ2) is 4.30. The zero-order chi connectivity index (χ0) is 11.7. The second-order valence-electron chi connectivity index (χ2n) is 4.79. The van der Waals surface area contributed by atoms with Gasteiger partial charge in [-0.1, -0.05) is 19.9 Å². The standard InChI is InChI=1S/C14H20N2/c1-9(2)15-8-12-5-6-14-13(7-12)10(3)11(4)16-14/h5-7,9,15-16H,8H2,1-4H3. The van der Waals surface area contributed by atoms with Crippen molar-refractivity contribution in [1.82, 2.24) is 10.3 Å². The fraction of sp³-hybridized carbons (Fsp3) is 0.429. The number of aromatic nitrogens is 1. The van der Waals surface area contributed by atoms with E-state index in [1.165, 1.54) is 27.7 Å². The maximum Gasteiger partial charge on any atom is 0.0458 e. The third-order valence-corrected chi connectivity index (χ3v) is 3.09. The Balaban J connectivity index is 2.32. The normalized spacial score (nSPS) is 11.6. The van der Waals surface area contributed by atoms with Gasteiger partial charge in [0.1, 0.15) is 0 Å². The number of rotatable bonds is 3. The van der Waals surface area contributed by atoms with Gasteiger partial charge < -0.3 is 10.3 Å². The van der Waals surface area contributed by atoms with Crippen molar-refractivity contribution in [2.24, 2.45) is 0 Å². The molecular formula is C14H20N2. The van der Waals surface area contributed by atoms with Crippen LogP contribution in [0, 0.1) is 13.8 Å². The van der Waals surface area contributed by atoms with Crippen molar-refractivity contribution in [2.75, 3.05) is 0 Å². The highest BCUT2D eigenvalue weighted by atomic mass is 14.9. The first kappa shape index (κ1) is 11.2. The fourth-order valence-electron chi connectivity index (χ4n) is 1.94. The lowest BCUT2D eigenvalue weighted by Gasteiger charge is -2.08. The van der Waals surface area contributed by atoms with Crippen LogP contribution in [0.25, 0.3) is 10.9 Å². The van der Waals surface area contributed by atoms with Crippen LogP contribution in [0.3, 0.4) is 0 Å². The molecule has 2 heteroatoms. The molecule has 16 heavy (non-hydrogen) atoms. The Morgan fingerprint density at radius 2 is 2.00 bits per heavy atom. The number of aromatic amines is 1. The van der Waals surface area contributed by atoms with E-state index in [-0.39, 0.29) is 0 Å². The van der Waals surface area contributed by atoms with Gasteiger partial charge in [-0.15, -0.1) is 0 Å². The van der Waals surface area contributed by atoms with Crippen LogP contribution in [0.2, 0.25) is 0 Å². The van der Waals surface area contributed by atoms with Gasteiger partial charge in [0, 0.05) is 29.2 Å². The Bertz CT molecular complexity index is 495. The number of hydrogen-bond acceptors (Lipinski definition) is 1. The summed E-state index contributed by atoms with van der Waals surface area (Å²) in [4.78, 5) is 3.40. The summed E-state index contributed by atoms with van der Waals surface area (Å²) >= 11 is 0. The first-order valence-corrected chi connectivity index (χ1v) is 5.89. The number of nitrogens with one attached hydrogen (secondary N) is 2. The van der Waals surface area contributed by atoms with Crippen LogP contribution in [-0.4, -0.2) is 11.0 Å². The molecule has 86 valence electrons. The molecule has 2 N–H and O–H groups in total. The Morgan fingerprint density at radius 1 is 1.25 bits per heavy atom. The van der Waals surface area contributed by atoms with Crippen LogP contribution in [0.5, 0.6) is 0 Å². The van der Waals surface area contributed by atoms with E-state index in [0.717, 1.165) is 6.54 Å². The summed E-state index contributed by atoms with van der Waals surface area (Å²) in [7, 11) is 0. The Kier molecular flexibility index (Phi) is 3.01. The van der Waals surface area contributed by atoms with Crippen LogP contribution in [0.1, 0.15) is 30.7 Å². The third-order valence-electron chi connectivity index (χ3n) is 3.09. The SMILES string of the molecule is Cc1[nH]c2ccc(CNC(C)C)cc2c1C. The van der Waals surface area contributed by atoms with E-state index in [9.17, 15) is 0 Å². The quantitative estimate of drug-likeness (QED) is 0.809. The van der Waals surface area contributed by atoms with Gasteiger partial charge in [-0.3, -0.25) is 0 Å². The van der Waals surface area contributed by atoms with Gasteiger partial charge >= 0.3 is 0 Å². The van der Waals surface area contributed by atoms with Gasteiger partial charge in [-0.05, 0) is 37.1 Å². The molecule has 0 radical (unpaired) electrons. The highest BCUT2D eigenvalue weighted by Crippen LogP contribution is 2.22. The van der Waals surface area contributed by atoms with Crippen molar-refractivity contribution in [3.05, 3.63) is 35.0 Å². The van der Waals surface area contributed by atoms with Crippen molar-refractivity contribution in [3.63, 3.8) is 0 Å². The zero-order valence-electron chi connectivity index (χ0n) is 10.5. The number of hydrogen-bond donors (Lipinski definition) is 2. The molecule has 0 fully saturated rings. The lowest BCUT2D eigenvalue weighted by Crippen LogP contribution is -2.21. The molecule has 0 spiro atoms. The Morgan fingerprint density at radius 3 is 2.69 bits per heavy atom. The monoisotopic (exact) mass is 216 g/mol. The van der Waals surface area contributed by atoms with Gasteiger partial charge in [-0.25, -0.2) is 0 Å². The summed E-state index contributed by atoms with van der Waals surface area (Å²) in [6, 6.07) is 7.17. The molecular weight excluding hydrogens is 196 g/mol. The van der Waals surface area contributed by atoms with E-state index >= 15 is 0 Å². The van der Waals surface area contributed by atoms with E-state index in [2.05, 4.69) is 56.2 Å². The largest absolute Gasteiger partial charge is 0.358 e. The van der Waals surface area contributed by atoms with Crippen LogP contribution in [0.4, 0.5) is 0 Å². The summed E-state index contributed by atoms with van der Waals surface area (Å²) in [6.45, 7) is 9.58. The van der Waals surface area contributed by atoms with Crippen molar-refractivity contribution in [3.8, 4) is 0 Å². The molecule has 0 aliphatic carbocycles. The Labute approximate surface area is 97.1 Å². The van der Waals surface area contributed by atoms with E-state index in [1.807, 2.05) is 0 Å². The van der Waals surface area contributed by atoms with Gasteiger partial charge in [0.2, 0.25) is 0 Å². The van der Waals surface area contributed by atoms with Gasteiger partial charge in [0.15, 0.2) is 0 Å². The zero-order valence-corrected chi connectivity index (χ0v) is 10.5. The molecule has 0 unspecified atom stereocenters. The first-order valence-electron chi connectivity index (χ1n) is 5.89. The summed E-state index contributed by atoms with van der Waals surface area (Å²) < 4.78 is 0. The van der Waals surface area contributed by atoms with Crippen molar-refractivity contribution in [1.29, 1.82) is 0 Å². The smallest absolute Gasteiger partial charge is 0.0458 e. The van der Waals surface area contributed by atoms with Crippen molar-refractivity contribution in [2.45, 2.75) is 40.3 Å². The summed E-state index contributed by atoms with van der Waals surface area (Å²) in [5.41, 5.74) is 5.22. The molecule has 2 rings (SSSR count). The molecule has 2 nitrogen and oxygen atoms in total. The molecule has 0 aliphatic rings. The first-order chi connectivity index (χ1) is 7.58. The highest BCUT2D eigenvalue weighted by Gasteiger charge is 2.04. The summed E-state index contributed by atoms with van der Waals surface area (Å²) in [5, 5.41) is 4.79. The molecule has 0 saturated carbocycles. The molecule has 1 aromatic carbocycles. The molecule has 0 atom stereocenters. The van der Waals surface area contributed by atoms with E-state index in [4.69, 9.17) is 0 Å². The summed E-state index contributed by atoms with van der Waals surface area (Å²) in [5.74, 6) is 0. The number of H-pyrrole nitrogens is 1. The lowest BCUT2D eigenvalue weighted by molar-refractivity contribution is 0.589. The predicted molar refractivity (Wildman–Crippen MR) is 69.7 cm³/mol.